The molecule has 1 aromatic heterocycles. The lowest BCUT2D eigenvalue weighted by molar-refractivity contribution is -0.116. The van der Waals surface area contributed by atoms with Gasteiger partial charge in [-0.3, -0.25) is 4.79 Å². The summed E-state index contributed by atoms with van der Waals surface area (Å²) in [4.78, 5) is 15.9. The highest BCUT2D eigenvalue weighted by atomic mass is 16.5. The molecule has 2 aromatic rings. The fourth-order valence-electron chi connectivity index (χ4n) is 1.94. The van der Waals surface area contributed by atoms with Crippen LogP contribution in [-0.4, -0.2) is 17.5 Å². The Labute approximate surface area is 125 Å². The van der Waals surface area contributed by atoms with Crippen molar-refractivity contribution in [2.75, 3.05) is 11.9 Å². The van der Waals surface area contributed by atoms with Crippen molar-refractivity contribution in [3.8, 4) is 5.75 Å². The van der Waals surface area contributed by atoms with E-state index in [1.807, 2.05) is 51.1 Å². The molecule has 0 aliphatic rings. The summed E-state index contributed by atoms with van der Waals surface area (Å²) in [5.41, 5.74) is 3.35. The number of rotatable bonds is 5. The molecule has 21 heavy (non-hydrogen) atoms. The third-order valence-electron chi connectivity index (χ3n) is 3.32. The van der Waals surface area contributed by atoms with Crippen LogP contribution in [-0.2, 0) is 4.79 Å². The molecule has 0 spiro atoms. The van der Waals surface area contributed by atoms with E-state index in [2.05, 4.69) is 10.3 Å². The van der Waals surface area contributed by atoms with Crippen LogP contribution < -0.4 is 10.1 Å². The molecule has 0 bridgehead atoms. The number of hydrogen-bond donors (Lipinski definition) is 1. The zero-order valence-corrected chi connectivity index (χ0v) is 12.6. The number of nitrogens with zero attached hydrogens (tertiary/aromatic N) is 1. The molecule has 1 aromatic carbocycles. The second-order valence-electron chi connectivity index (χ2n) is 5.06. The lowest BCUT2D eigenvalue weighted by Crippen LogP contribution is -2.16. The Morgan fingerprint density at radius 3 is 2.81 bits per heavy atom. The van der Waals surface area contributed by atoms with Crippen molar-refractivity contribution in [2.24, 2.45) is 0 Å². The molecule has 0 fully saturated rings. The number of ether oxygens (including phenoxy) is 1. The van der Waals surface area contributed by atoms with E-state index >= 15 is 0 Å². The van der Waals surface area contributed by atoms with Crippen LogP contribution >= 0.6 is 0 Å². The molecular weight excluding hydrogens is 264 g/mol. The minimum absolute atomic E-state index is 0.0987. The lowest BCUT2D eigenvalue weighted by Gasteiger charge is -2.10. The summed E-state index contributed by atoms with van der Waals surface area (Å²) in [6.07, 6.45) is 1.97. The largest absolute Gasteiger partial charge is 0.493 e. The van der Waals surface area contributed by atoms with Crippen molar-refractivity contribution < 1.29 is 9.53 Å². The van der Waals surface area contributed by atoms with Gasteiger partial charge < -0.3 is 10.1 Å². The standard InChI is InChI=1S/C17H20N2O2/c1-12-7-9-18-16(11-12)19-17(20)8-10-21-15-6-4-5-13(2)14(15)3/h4-7,9,11H,8,10H2,1-3H3,(H,18,19,20). The summed E-state index contributed by atoms with van der Waals surface area (Å²) < 4.78 is 5.67. The number of nitrogens with one attached hydrogen (secondary N) is 1. The van der Waals surface area contributed by atoms with Crippen molar-refractivity contribution in [1.82, 2.24) is 4.98 Å². The topological polar surface area (TPSA) is 51.2 Å². The van der Waals surface area contributed by atoms with Crippen LogP contribution in [0.5, 0.6) is 5.75 Å². The van der Waals surface area contributed by atoms with E-state index in [4.69, 9.17) is 4.74 Å². The van der Waals surface area contributed by atoms with Crippen molar-refractivity contribution in [3.63, 3.8) is 0 Å². The monoisotopic (exact) mass is 284 g/mol. The Balaban J connectivity index is 1.83. The first-order valence-electron chi connectivity index (χ1n) is 6.98. The maximum atomic E-state index is 11.8. The van der Waals surface area contributed by atoms with Gasteiger partial charge in [-0.25, -0.2) is 4.98 Å². The van der Waals surface area contributed by atoms with Gasteiger partial charge >= 0.3 is 0 Å². The maximum absolute atomic E-state index is 11.8. The van der Waals surface area contributed by atoms with Gasteiger partial charge in [0.25, 0.3) is 0 Å². The molecule has 110 valence electrons. The number of amides is 1. The van der Waals surface area contributed by atoms with Gasteiger partial charge in [-0.1, -0.05) is 12.1 Å². The van der Waals surface area contributed by atoms with E-state index in [0.717, 1.165) is 16.9 Å². The molecule has 1 heterocycles. The predicted molar refractivity (Wildman–Crippen MR) is 83.6 cm³/mol. The first-order chi connectivity index (χ1) is 10.1. The van der Waals surface area contributed by atoms with Crippen molar-refractivity contribution in [3.05, 3.63) is 53.2 Å². The second-order valence-corrected chi connectivity index (χ2v) is 5.06. The molecule has 1 N–H and O–H groups in total. The second kappa shape index (κ2) is 6.88. The van der Waals surface area contributed by atoms with Crippen LogP contribution in [0.15, 0.2) is 36.5 Å². The summed E-state index contributed by atoms with van der Waals surface area (Å²) in [5, 5.41) is 2.76. The van der Waals surface area contributed by atoms with Crippen LogP contribution in [0, 0.1) is 20.8 Å². The summed E-state index contributed by atoms with van der Waals surface area (Å²) in [5.74, 6) is 1.31. The SMILES string of the molecule is Cc1ccnc(NC(=O)CCOc2cccc(C)c2C)c1. The Kier molecular flexibility index (Phi) is 4.93. The summed E-state index contributed by atoms with van der Waals surface area (Å²) >= 11 is 0. The Hall–Kier alpha value is -2.36. The molecule has 0 saturated carbocycles. The highest BCUT2D eigenvalue weighted by Gasteiger charge is 2.06. The minimum atomic E-state index is -0.0987. The van der Waals surface area contributed by atoms with Gasteiger partial charge in [-0.05, 0) is 55.7 Å². The summed E-state index contributed by atoms with van der Waals surface area (Å²) in [7, 11) is 0. The number of anilines is 1. The number of aromatic nitrogens is 1. The van der Waals surface area contributed by atoms with Gasteiger partial charge in [0.05, 0.1) is 13.0 Å². The quantitative estimate of drug-likeness (QED) is 0.915. The zero-order valence-electron chi connectivity index (χ0n) is 12.6. The Morgan fingerprint density at radius 1 is 1.24 bits per heavy atom. The van der Waals surface area contributed by atoms with E-state index in [-0.39, 0.29) is 5.91 Å². The molecule has 0 saturated heterocycles. The van der Waals surface area contributed by atoms with Crippen LogP contribution in [0.4, 0.5) is 5.82 Å². The van der Waals surface area contributed by atoms with Gasteiger partial charge in [0, 0.05) is 6.20 Å². The number of pyridine rings is 1. The lowest BCUT2D eigenvalue weighted by atomic mass is 10.1. The highest BCUT2D eigenvalue weighted by Crippen LogP contribution is 2.20. The average Bonchev–Trinajstić information content (AvgIpc) is 2.43. The molecule has 0 unspecified atom stereocenters. The molecule has 0 atom stereocenters. The van der Waals surface area contributed by atoms with E-state index in [1.54, 1.807) is 6.20 Å². The average molecular weight is 284 g/mol. The molecule has 1 amide bonds. The maximum Gasteiger partial charge on any atom is 0.228 e. The fourth-order valence-corrected chi connectivity index (χ4v) is 1.94. The van der Waals surface area contributed by atoms with Gasteiger partial charge in [0.15, 0.2) is 0 Å². The fraction of sp³-hybridized carbons (Fsp3) is 0.294. The van der Waals surface area contributed by atoms with Crippen molar-refractivity contribution >= 4 is 11.7 Å². The van der Waals surface area contributed by atoms with Crippen LogP contribution in [0.3, 0.4) is 0 Å². The van der Waals surface area contributed by atoms with Gasteiger partial charge in [0.2, 0.25) is 5.91 Å². The van der Waals surface area contributed by atoms with Gasteiger partial charge in [-0.2, -0.15) is 0 Å². The number of hydrogen-bond acceptors (Lipinski definition) is 3. The molecule has 4 nitrogen and oxygen atoms in total. The normalized spacial score (nSPS) is 10.2. The zero-order chi connectivity index (χ0) is 15.2. The number of aryl methyl sites for hydroxylation is 2. The van der Waals surface area contributed by atoms with E-state index in [0.29, 0.717) is 18.8 Å². The Morgan fingerprint density at radius 2 is 2.05 bits per heavy atom. The summed E-state index contributed by atoms with van der Waals surface area (Å²) in [6.45, 7) is 6.36. The molecule has 0 radical (unpaired) electrons. The van der Waals surface area contributed by atoms with Crippen LogP contribution in [0.25, 0.3) is 0 Å². The highest BCUT2D eigenvalue weighted by molar-refractivity contribution is 5.89. The molecule has 0 aliphatic carbocycles. The third-order valence-corrected chi connectivity index (χ3v) is 3.32. The first-order valence-corrected chi connectivity index (χ1v) is 6.98. The molecule has 0 aliphatic heterocycles. The van der Waals surface area contributed by atoms with Crippen LogP contribution in [0.1, 0.15) is 23.1 Å². The number of benzene rings is 1. The van der Waals surface area contributed by atoms with E-state index in [1.165, 1.54) is 5.56 Å². The van der Waals surface area contributed by atoms with E-state index in [9.17, 15) is 4.79 Å². The summed E-state index contributed by atoms with van der Waals surface area (Å²) in [6, 6.07) is 9.64. The van der Waals surface area contributed by atoms with Crippen LogP contribution in [0.2, 0.25) is 0 Å². The first kappa shape index (κ1) is 15.0. The number of carbonyl (C=O) groups excluding carboxylic acids is 1. The smallest absolute Gasteiger partial charge is 0.228 e. The molecular formula is C17H20N2O2. The third kappa shape index (κ3) is 4.31. The van der Waals surface area contributed by atoms with Crippen molar-refractivity contribution in [1.29, 1.82) is 0 Å². The van der Waals surface area contributed by atoms with Gasteiger partial charge in [-0.15, -0.1) is 0 Å². The minimum Gasteiger partial charge on any atom is -0.493 e. The Bertz CT molecular complexity index is 638. The molecule has 4 heteroatoms. The number of carbonyl (C=O) groups is 1. The van der Waals surface area contributed by atoms with Crippen molar-refractivity contribution in [2.45, 2.75) is 27.2 Å². The van der Waals surface area contributed by atoms with E-state index < -0.39 is 0 Å². The molecule has 2 rings (SSSR count). The van der Waals surface area contributed by atoms with Gasteiger partial charge in [0.1, 0.15) is 11.6 Å². The predicted octanol–water partition coefficient (Wildman–Crippen LogP) is 3.41.